The quantitative estimate of drug-likeness (QED) is 0.395. The van der Waals surface area contributed by atoms with Gasteiger partial charge in [0.25, 0.3) is 0 Å². The van der Waals surface area contributed by atoms with Crippen LogP contribution >= 0.6 is 0 Å². The molecule has 0 amide bonds. The Bertz CT molecular complexity index is 1390. The molecule has 1 heterocycles. The molecule has 5 aliphatic carbocycles. The lowest BCUT2D eigenvalue weighted by atomic mass is 9.34. The second kappa shape index (κ2) is 7.80. The van der Waals surface area contributed by atoms with Gasteiger partial charge >= 0.3 is 0 Å². The lowest BCUT2D eigenvalue weighted by molar-refractivity contribution is -0.161. The summed E-state index contributed by atoms with van der Waals surface area (Å²) < 4.78 is 6.16. The molecule has 6 heteroatoms. The molecule has 3 fully saturated rings. The van der Waals surface area contributed by atoms with Gasteiger partial charge in [0.1, 0.15) is 6.07 Å². The van der Waals surface area contributed by atoms with Gasteiger partial charge in [0.05, 0.1) is 11.0 Å². The van der Waals surface area contributed by atoms with E-state index in [0.29, 0.717) is 5.89 Å². The molecule has 5 aliphatic rings. The van der Waals surface area contributed by atoms with E-state index in [9.17, 15) is 14.9 Å². The van der Waals surface area contributed by atoms with Gasteiger partial charge in [-0.1, -0.05) is 60.1 Å². The SMILES string of the molecule is Cc1nnc(C23CCC(C)(C)CC2C2C(=O)C=C4C5(C)C=C(C#N)C(=O)C(C)(C)C5CCC4(C)C2(C)CC3)o1. The van der Waals surface area contributed by atoms with E-state index in [1.165, 1.54) is 0 Å². The predicted molar refractivity (Wildman–Crippen MR) is 147 cm³/mol. The minimum atomic E-state index is -0.650. The number of aromatic nitrogens is 2. The molecule has 0 bridgehead atoms. The van der Waals surface area contributed by atoms with Crippen LogP contribution in [-0.4, -0.2) is 21.8 Å². The van der Waals surface area contributed by atoms with E-state index in [4.69, 9.17) is 4.42 Å². The van der Waals surface area contributed by atoms with Crippen LogP contribution < -0.4 is 0 Å². The first-order valence-corrected chi connectivity index (χ1v) is 14.8. The van der Waals surface area contributed by atoms with Crippen molar-refractivity contribution in [1.82, 2.24) is 10.2 Å². The zero-order valence-electron chi connectivity index (χ0n) is 24.9. The maximum absolute atomic E-state index is 14.6. The van der Waals surface area contributed by atoms with Gasteiger partial charge in [0, 0.05) is 23.7 Å². The van der Waals surface area contributed by atoms with Crippen LogP contribution in [0.15, 0.2) is 27.7 Å². The number of Topliss-reactive ketones (excluding diaryl/α,β-unsaturated/α-hetero) is 1. The van der Waals surface area contributed by atoms with Gasteiger partial charge in [-0.2, -0.15) is 5.26 Å². The molecular weight excluding hydrogens is 486 g/mol. The molecule has 7 unspecified atom stereocenters. The van der Waals surface area contributed by atoms with Crippen molar-refractivity contribution in [1.29, 1.82) is 5.26 Å². The Labute approximate surface area is 232 Å². The van der Waals surface area contributed by atoms with E-state index >= 15 is 0 Å². The molecule has 39 heavy (non-hydrogen) atoms. The summed E-state index contributed by atoms with van der Waals surface area (Å²) >= 11 is 0. The van der Waals surface area contributed by atoms with Crippen molar-refractivity contribution in [2.24, 2.45) is 44.8 Å². The summed E-state index contributed by atoms with van der Waals surface area (Å²) in [4.78, 5) is 27.8. The highest BCUT2D eigenvalue weighted by atomic mass is 16.4. The number of carbonyl (C=O) groups excluding carboxylic acids is 2. The average molecular weight is 530 g/mol. The van der Waals surface area contributed by atoms with Gasteiger partial charge in [-0.3, -0.25) is 9.59 Å². The minimum absolute atomic E-state index is 0.0551. The Balaban J connectivity index is 1.54. The minimum Gasteiger partial charge on any atom is -0.425 e. The van der Waals surface area contributed by atoms with E-state index in [0.717, 1.165) is 56.4 Å². The van der Waals surface area contributed by atoms with E-state index in [1.807, 2.05) is 32.9 Å². The molecule has 0 aliphatic heterocycles. The van der Waals surface area contributed by atoms with E-state index in [1.54, 1.807) is 0 Å². The second-order valence-corrected chi connectivity index (χ2v) is 15.5. The van der Waals surface area contributed by atoms with Crippen molar-refractivity contribution in [3.05, 3.63) is 35.1 Å². The summed E-state index contributed by atoms with van der Waals surface area (Å²) in [5.41, 5.74) is -0.382. The molecule has 7 atom stereocenters. The van der Waals surface area contributed by atoms with Gasteiger partial charge in [0.2, 0.25) is 11.8 Å². The van der Waals surface area contributed by atoms with Gasteiger partial charge in [-0.15, -0.1) is 10.2 Å². The van der Waals surface area contributed by atoms with Crippen molar-refractivity contribution < 1.29 is 14.0 Å². The van der Waals surface area contributed by atoms with Gasteiger partial charge in [-0.25, -0.2) is 0 Å². The number of nitrogens with zero attached hydrogens (tertiary/aromatic N) is 3. The summed E-state index contributed by atoms with van der Waals surface area (Å²) in [5.74, 6) is 1.49. The van der Waals surface area contributed by atoms with Crippen LogP contribution in [0.3, 0.4) is 0 Å². The van der Waals surface area contributed by atoms with E-state index in [2.05, 4.69) is 50.9 Å². The number of nitriles is 1. The van der Waals surface area contributed by atoms with Crippen LogP contribution in [0.4, 0.5) is 0 Å². The normalized spacial score (nSPS) is 44.1. The largest absolute Gasteiger partial charge is 0.425 e. The molecule has 0 N–H and O–H groups in total. The third-order valence-corrected chi connectivity index (χ3v) is 12.8. The maximum atomic E-state index is 14.6. The number of aryl methyl sites for hydroxylation is 1. The first kappa shape index (κ1) is 26.7. The number of rotatable bonds is 1. The highest BCUT2D eigenvalue weighted by Crippen LogP contribution is 2.74. The second-order valence-electron chi connectivity index (χ2n) is 15.5. The summed E-state index contributed by atoms with van der Waals surface area (Å²) in [7, 11) is 0. The van der Waals surface area contributed by atoms with Crippen LogP contribution in [-0.2, 0) is 15.0 Å². The van der Waals surface area contributed by atoms with Crippen molar-refractivity contribution >= 4 is 11.6 Å². The summed E-state index contributed by atoms with van der Waals surface area (Å²) in [5, 5.41) is 18.7. The molecule has 0 aromatic carbocycles. The topological polar surface area (TPSA) is 96.9 Å². The maximum Gasteiger partial charge on any atom is 0.222 e. The molecule has 1 aromatic heterocycles. The van der Waals surface area contributed by atoms with Crippen molar-refractivity contribution in [2.45, 2.75) is 106 Å². The Hall–Kier alpha value is -2.55. The Morgan fingerprint density at radius 2 is 1.67 bits per heavy atom. The molecule has 6 rings (SSSR count). The number of ketones is 2. The van der Waals surface area contributed by atoms with E-state index in [-0.39, 0.29) is 56.6 Å². The molecular formula is C33H43N3O3. The first-order valence-electron chi connectivity index (χ1n) is 14.8. The Morgan fingerprint density at radius 3 is 2.31 bits per heavy atom. The van der Waals surface area contributed by atoms with Crippen molar-refractivity contribution in [2.75, 3.05) is 0 Å². The highest BCUT2D eigenvalue weighted by Gasteiger charge is 2.70. The van der Waals surface area contributed by atoms with Gasteiger partial charge in [-0.05, 0) is 79.1 Å². The number of hydrogen-bond acceptors (Lipinski definition) is 6. The average Bonchev–Trinajstić information content (AvgIpc) is 3.29. The third-order valence-electron chi connectivity index (χ3n) is 12.8. The Morgan fingerprint density at radius 1 is 0.974 bits per heavy atom. The fraction of sp³-hybridized carbons (Fsp3) is 0.727. The molecule has 208 valence electrons. The van der Waals surface area contributed by atoms with Crippen LogP contribution in [0, 0.1) is 63.1 Å². The summed E-state index contributed by atoms with van der Waals surface area (Å²) in [6, 6.07) is 2.20. The number of hydrogen-bond donors (Lipinski definition) is 0. The molecule has 6 nitrogen and oxygen atoms in total. The van der Waals surface area contributed by atoms with Crippen molar-refractivity contribution in [3.8, 4) is 6.07 Å². The fourth-order valence-electron chi connectivity index (χ4n) is 10.5. The summed E-state index contributed by atoms with van der Waals surface area (Å²) in [6.07, 6.45) is 10.6. The standard InChI is InChI=1S/C33H43N3O3/c1-19-35-36-27(39-19)33-13-11-28(2,3)17-21(33)25-22(37)15-24-30(6)16-20(18-34)26(38)29(4,5)23(30)9-10-31(24,7)32(25,8)12-14-33/h15-16,21,23,25H,9-14,17H2,1-8H3. The molecule has 0 saturated heterocycles. The van der Waals surface area contributed by atoms with Crippen LogP contribution in [0.5, 0.6) is 0 Å². The van der Waals surface area contributed by atoms with Gasteiger partial charge < -0.3 is 4.42 Å². The fourth-order valence-corrected chi connectivity index (χ4v) is 10.5. The molecule has 0 radical (unpaired) electrons. The van der Waals surface area contributed by atoms with Crippen LogP contribution in [0.1, 0.15) is 105 Å². The zero-order chi connectivity index (χ0) is 28.4. The molecule has 1 aromatic rings. The molecule has 0 spiro atoms. The van der Waals surface area contributed by atoms with E-state index < -0.39 is 10.8 Å². The summed E-state index contributed by atoms with van der Waals surface area (Å²) in [6.45, 7) is 17.4. The van der Waals surface area contributed by atoms with Crippen LogP contribution in [0.25, 0.3) is 0 Å². The molecule has 3 saturated carbocycles. The number of carbonyl (C=O) groups is 2. The lowest BCUT2D eigenvalue weighted by Crippen LogP contribution is -2.65. The van der Waals surface area contributed by atoms with Crippen LogP contribution in [0.2, 0.25) is 0 Å². The van der Waals surface area contributed by atoms with Gasteiger partial charge in [0.15, 0.2) is 11.6 Å². The predicted octanol–water partition coefficient (Wildman–Crippen LogP) is 6.85. The first-order chi connectivity index (χ1) is 18.1. The lowest BCUT2D eigenvalue weighted by Gasteiger charge is -2.68. The Kier molecular flexibility index (Phi) is 5.33. The number of fused-ring (bicyclic) bond motifs is 7. The zero-order valence-corrected chi connectivity index (χ0v) is 24.9. The van der Waals surface area contributed by atoms with Crippen molar-refractivity contribution in [3.63, 3.8) is 0 Å². The third kappa shape index (κ3) is 3.19. The monoisotopic (exact) mass is 529 g/mol. The highest BCUT2D eigenvalue weighted by molar-refractivity contribution is 6.04. The smallest absolute Gasteiger partial charge is 0.222 e. The number of allylic oxidation sites excluding steroid dienone is 4.